The summed E-state index contributed by atoms with van der Waals surface area (Å²) in [5.41, 5.74) is -2.53. The zero-order chi connectivity index (χ0) is 39.8. The summed E-state index contributed by atoms with van der Waals surface area (Å²) in [5.74, 6) is 0. The molecule has 6 aromatic carbocycles. The Hall–Kier alpha value is -5.72. The zero-order valence-corrected chi connectivity index (χ0v) is 28.5. The van der Waals surface area contributed by atoms with Crippen LogP contribution in [0, 0.1) is 13.8 Å². The third-order valence-electron chi connectivity index (χ3n) is 9.28. The van der Waals surface area contributed by atoms with Gasteiger partial charge >= 0.3 is 24.7 Å². The van der Waals surface area contributed by atoms with E-state index in [4.69, 9.17) is 0 Å². The molecule has 0 aliphatic carbocycles. The van der Waals surface area contributed by atoms with E-state index in [1.807, 2.05) is 0 Å². The third-order valence-corrected chi connectivity index (χ3v) is 9.28. The predicted molar refractivity (Wildman–Crippen MR) is 187 cm³/mol. The van der Waals surface area contributed by atoms with Gasteiger partial charge in [-0.25, -0.2) is 0 Å². The van der Waals surface area contributed by atoms with Crippen molar-refractivity contribution in [2.45, 2.75) is 38.6 Å². The maximum atomic E-state index is 13.9. The molecule has 0 saturated heterocycles. The van der Waals surface area contributed by atoms with Crippen LogP contribution in [0.15, 0.2) is 115 Å². The quantitative estimate of drug-likeness (QED) is 0.157. The molecule has 0 amide bonds. The molecule has 0 saturated carbocycles. The highest BCUT2D eigenvalue weighted by Gasteiger charge is 2.37. The SMILES string of the molecule is Cc1cc(-c2ccc3c(c2)c2cc(-c4cc(C)cc(C(F)(F)F)c4)ccc2n3-c2ccccc2-c2cc(C(F)(F)F)cc(C(F)(F)F)c2)cc(C(F)(F)F)c1. The van der Waals surface area contributed by atoms with Crippen molar-refractivity contribution in [1.82, 2.24) is 4.57 Å². The first-order valence-electron chi connectivity index (χ1n) is 16.4. The Balaban J connectivity index is 1.53. The first kappa shape index (κ1) is 37.6. The highest BCUT2D eigenvalue weighted by atomic mass is 19.4. The molecule has 0 fully saturated rings. The summed E-state index contributed by atoms with van der Waals surface area (Å²) >= 11 is 0. The van der Waals surface area contributed by atoms with Crippen LogP contribution in [0.1, 0.15) is 33.4 Å². The summed E-state index contributed by atoms with van der Waals surface area (Å²) in [5, 5.41) is 0.811. The van der Waals surface area contributed by atoms with Gasteiger partial charge in [0.15, 0.2) is 0 Å². The van der Waals surface area contributed by atoms with Gasteiger partial charge in [-0.2, -0.15) is 52.7 Å². The van der Waals surface area contributed by atoms with Crippen LogP contribution in [0.25, 0.3) is 60.9 Å². The Morgan fingerprint density at radius 2 is 0.745 bits per heavy atom. The first-order chi connectivity index (χ1) is 25.6. The Labute approximate surface area is 305 Å². The summed E-state index contributed by atoms with van der Waals surface area (Å²) in [7, 11) is 0. The number of hydrogen-bond donors (Lipinski definition) is 0. The second kappa shape index (κ2) is 13.0. The molecule has 0 aliphatic heterocycles. The topological polar surface area (TPSA) is 4.93 Å². The summed E-state index contributed by atoms with van der Waals surface area (Å²) < 4.78 is 168. The lowest BCUT2D eigenvalue weighted by Gasteiger charge is -2.18. The van der Waals surface area contributed by atoms with Crippen molar-refractivity contribution in [3.8, 4) is 39.1 Å². The fourth-order valence-corrected chi connectivity index (χ4v) is 6.89. The molecular formula is C42H25F12N. The van der Waals surface area contributed by atoms with E-state index >= 15 is 0 Å². The van der Waals surface area contributed by atoms with E-state index in [1.165, 1.54) is 38.1 Å². The maximum absolute atomic E-state index is 13.9. The van der Waals surface area contributed by atoms with Gasteiger partial charge in [0, 0.05) is 16.3 Å². The monoisotopic (exact) mass is 771 g/mol. The van der Waals surface area contributed by atoms with Crippen LogP contribution in [0.5, 0.6) is 0 Å². The normalized spacial score (nSPS) is 12.9. The molecular weight excluding hydrogens is 746 g/mol. The minimum Gasteiger partial charge on any atom is -0.309 e. The van der Waals surface area contributed by atoms with Gasteiger partial charge in [-0.15, -0.1) is 0 Å². The number of benzene rings is 6. The van der Waals surface area contributed by atoms with Crippen LogP contribution in [-0.4, -0.2) is 4.57 Å². The Kier molecular flexibility index (Phi) is 8.85. The van der Waals surface area contributed by atoms with E-state index in [-0.39, 0.29) is 34.0 Å². The Bertz CT molecular complexity index is 2470. The molecule has 0 aliphatic rings. The van der Waals surface area contributed by atoms with E-state index < -0.39 is 47.0 Å². The molecule has 0 atom stereocenters. The van der Waals surface area contributed by atoms with E-state index in [0.717, 1.165) is 24.3 Å². The second-order valence-corrected chi connectivity index (χ2v) is 13.3. The number of fused-ring (bicyclic) bond motifs is 3. The number of hydrogen-bond acceptors (Lipinski definition) is 0. The van der Waals surface area contributed by atoms with E-state index in [1.54, 1.807) is 53.1 Å². The van der Waals surface area contributed by atoms with Gasteiger partial charge in [-0.1, -0.05) is 42.5 Å². The fraction of sp³-hybridized carbons (Fsp3) is 0.143. The maximum Gasteiger partial charge on any atom is 0.416 e. The van der Waals surface area contributed by atoms with Crippen LogP contribution in [-0.2, 0) is 24.7 Å². The smallest absolute Gasteiger partial charge is 0.309 e. The third kappa shape index (κ3) is 7.27. The van der Waals surface area contributed by atoms with Crippen molar-refractivity contribution in [1.29, 1.82) is 0 Å². The van der Waals surface area contributed by atoms with Crippen LogP contribution < -0.4 is 0 Å². The first-order valence-corrected chi connectivity index (χ1v) is 16.4. The van der Waals surface area contributed by atoms with Crippen LogP contribution >= 0.6 is 0 Å². The Morgan fingerprint density at radius 3 is 1.16 bits per heavy atom. The number of rotatable bonds is 4. The molecule has 0 radical (unpaired) electrons. The molecule has 55 heavy (non-hydrogen) atoms. The minimum atomic E-state index is -5.12. The predicted octanol–water partition coefficient (Wildman–Crippen LogP) is 14.5. The average molecular weight is 772 g/mol. The van der Waals surface area contributed by atoms with Gasteiger partial charge in [0.25, 0.3) is 0 Å². The molecule has 7 aromatic rings. The summed E-state index contributed by atoms with van der Waals surface area (Å²) in [4.78, 5) is 0. The molecule has 1 heterocycles. The molecule has 0 N–H and O–H groups in total. The van der Waals surface area contributed by atoms with Crippen molar-refractivity contribution in [2.24, 2.45) is 0 Å². The molecule has 0 unspecified atom stereocenters. The lowest BCUT2D eigenvalue weighted by Crippen LogP contribution is -2.11. The minimum absolute atomic E-state index is 0.00643. The number of aromatic nitrogens is 1. The van der Waals surface area contributed by atoms with Crippen molar-refractivity contribution in [3.63, 3.8) is 0 Å². The van der Waals surface area contributed by atoms with Gasteiger partial charge in [0.05, 0.1) is 39.0 Å². The van der Waals surface area contributed by atoms with Gasteiger partial charge in [0.2, 0.25) is 0 Å². The zero-order valence-electron chi connectivity index (χ0n) is 28.5. The summed E-state index contributed by atoms with van der Waals surface area (Å²) in [6.07, 6.45) is -19.5. The number of nitrogens with zero attached hydrogens (tertiary/aromatic N) is 1. The average Bonchev–Trinajstić information content (AvgIpc) is 3.42. The van der Waals surface area contributed by atoms with Gasteiger partial charge in [-0.05, 0) is 126 Å². The van der Waals surface area contributed by atoms with Crippen molar-refractivity contribution < 1.29 is 52.7 Å². The van der Waals surface area contributed by atoms with Crippen molar-refractivity contribution >= 4 is 21.8 Å². The van der Waals surface area contributed by atoms with Crippen molar-refractivity contribution in [2.75, 3.05) is 0 Å². The Morgan fingerprint density at radius 1 is 0.364 bits per heavy atom. The van der Waals surface area contributed by atoms with Crippen LogP contribution in [0.4, 0.5) is 52.7 Å². The van der Waals surface area contributed by atoms with E-state index in [9.17, 15) is 52.7 Å². The lowest BCUT2D eigenvalue weighted by atomic mass is 9.96. The van der Waals surface area contributed by atoms with Gasteiger partial charge in [0.1, 0.15) is 0 Å². The fourth-order valence-electron chi connectivity index (χ4n) is 6.89. The van der Waals surface area contributed by atoms with Gasteiger partial charge in [-0.3, -0.25) is 0 Å². The molecule has 1 aromatic heterocycles. The highest BCUT2D eigenvalue weighted by Crippen LogP contribution is 2.44. The van der Waals surface area contributed by atoms with E-state index in [0.29, 0.717) is 56.2 Å². The number of halogens is 12. The lowest BCUT2D eigenvalue weighted by molar-refractivity contribution is -0.143. The standard InChI is InChI=1S/C42H25F12N/c1-22-11-26(15-29(13-22)39(43,44)45)24-7-9-37-34(19-24)35-20-25(27-12-23(2)14-30(16-27)40(46,47)48)8-10-38(35)55(37)36-6-4-3-5-33(36)28-17-31(41(49,50)51)21-32(18-28)42(52,53)54/h3-21H,1-2H3. The molecule has 13 heteroatoms. The molecule has 1 nitrogen and oxygen atoms in total. The van der Waals surface area contributed by atoms with Crippen molar-refractivity contribution in [3.05, 3.63) is 149 Å². The van der Waals surface area contributed by atoms with Crippen LogP contribution in [0.3, 0.4) is 0 Å². The number of para-hydroxylation sites is 1. The van der Waals surface area contributed by atoms with Gasteiger partial charge < -0.3 is 4.57 Å². The molecule has 0 bridgehead atoms. The molecule has 282 valence electrons. The number of alkyl halides is 12. The van der Waals surface area contributed by atoms with E-state index in [2.05, 4.69) is 0 Å². The van der Waals surface area contributed by atoms with Crippen LogP contribution in [0.2, 0.25) is 0 Å². The summed E-state index contributed by atoms with van der Waals surface area (Å²) in [6.45, 7) is 3.00. The largest absolute Gasteiger partial charge is 0.416 e. The molecule has 7 rings (SSSR count). The second-order valence-electron chi connectivity index (χ2n) is 13.3. The molecule has 0 spiro atoms. The highest BCUT2D eigenvalue weighted by molar-refractivity contribution is 6.12. The summed E-state index contributed by atoms with van der Waals surface area (Å²) in [6, 6.07) is 23.5. The number of aryl methyl sites for hydroxylation is 2.